The van der Waals surface area contributed by atoms with Gasteiger partial charge in [-0.2, -0.15) is 5.53 Å². The van der Waals surface area contributed by atoms with Crippen molar-refractivity contribution in [2.24, 2.45) is 13.0 Å². The lowest BCUT2D eigenvalue weighted by Gasteiger charge is -2.14. The zero-order chi connectivity index (χ0) is 19.8. The molecule has 3 N–H and O–H groups in total. The van der Waals surface area contributed by atoms with Crippen molar-refractivity contribution in [1.29, 1.82) is 0 Å². The van der Waals surface area contributed by atoms with Crippen molar-refractivity contribution in [1.82, 2.24) is 30.9 Å². The maximum absolute atomic E-state index is 13.9. The first-order valence-electron chi connectivity index (χ1n) is 9.83. The average Bonchev–Trinajstić information content (AvgIpc) is 3.24. The molecule has 1 unspecified atom stereocenters. The highest BCUT2D eigenvalue weighted by molar-refractivity contribution is 5.80. The molecule has 2 aliphatic rings. The van der Waals surface area contributed by atoms with Crippen molar-refractivity contribution in [3.05, 3.63) is 54.2 Å². The van der Waals surface area contributed by atoms with Crippen LogP contribution in [-0.2, 0) is 7.05 Å². The number of benzene rings is 1. The van der Waals surface area contributed by atoms with Crippen LogP contribution in [0.1, 0.15) is 24.4 Å². The summed E-state index contributed by atoms with van der Waals surface area (Å²) in [7, 11) is 1.93. The molecule has 1 aliphatic carbocycles. The molecule has 2 fully saturated rings. The number of aryl methyl sites for hydroxylation is 1. The number of imidazole rings is 1. The molecule has 3 heterocycles. The molecule has 150 valence electrons. The van der Waals surface area contributed by atoms with Gasteiger partial charge in [-0.15, -0.1) is 0 Å². The number of pyridine rings is 1. The number of hydrogen-bond donors (Lipinski definition) is 3. The minimum absolute atomic E-state index is 0.146. The maximum Gasteiger partial charge on any atom is 0.131 e. The van der Waals surface area contributed by atoms with Crippen LogP contribution in [0.3, 0.4) is 0 Å². The Morgan fingerprint density at radius 3 is 2.90 bits per heavy atom. The van der Waals surface area contributed by atoms with E-state index in [1.807, 2.05) is 23.7 Å². The van der Waals surface area contributed by atoms with Gasteiger partial charge in [0.1, 0.15) is 17.3 Å². The molecule has 8 heteroatoms. The number of hydrazine groups is 2. The summed E-state index contributed by atoms with van der Waals surface area (Å²) in [5, 5.41) is 0. The molecule has 1 aromatic carbocycles. The van der Waals surface area contributed by atoms with Gasteiger partial charge in [-0.25, -0.2) is 20.2 Å². The second-order valence-electron chi connectivity index (χ2n) is 7.62. The molecule has 0 radical (unpaired) electrons. The van der Waals surface area contributed by atoms with E-state index < -0.39 is 0 Å². The van der Waals surface area contributed by atoms with E-state index >= 15 is 0 Å². The Morgan fingerprint density at radius 1 is 1.21 bits per heavy atom. The first-order valence-corrected chi connectivity index (χ1v) is 9.83. The average molecular weight is 394 g/mol. The summed E-state index contributed by atoms with van der Waals surface area (Å²) in [6, 6.07) is 8.84. The van der Waals surface area contributed by atoms with Gasteiger partial charge >= 0.3 is 0 Å². The SMILES string of the molecule is Cn1cnc(-c2cc(C3CNNN3)ccn2)c1-c1ccc(F)cc1OCC1CC1. The lowest BCUT2D eigenvalue weighted by atomic mass is 10.0. The Hall–Kier alpha value is -2.81. The van der Waals surface area contributed by atoms with Crippen LogP contribution in [0, 0.1) is 11.7 Å². The highest BCUT2D eigenvalue weighted by atomic mass is 19.1. The molecule has 29 heavy (non-hydrogen) atoms. The van der Waals surface area contributed by atoms with E-state index in [9.17, 15) is 4.39 Å². The zero-order valence-corrected chi connectivity index (χ0v) is 16.2. The molecule has 1 saturated carbocycles. The number of ether oxygens (including phenoxy) is 1. The van der Waals surface area contributed by atoms with Crippen LogP contribution in [0.4, 0.5) is 4.39 Å². The lowest BCUT2D eigenvalue weighted by molar-refractivity contribution is 0.299. The second-order valence-corrected chi connectivity index (χ2v) is 7.62. The molecule has 1 aliphatic heterocycles. The summed E-state index contributed by atoms with van der Waals surface area (Å²) < 4.78 is 21.9. The highest BCUT2D eigenvalue weighted by Gasteiger charge is 2.24. The van der Waals surface area contributed by atoms with Gasteiger partial charge in [0.25, 0.3) is 0 Å². The van der Waals surface area contributed by atoms with E-state index in [1.165, 1.54) is 25.0 Å². The summed E-state index contributed by atoms with van der Waals surface area (Å²) in [6.45, 7) is 1.39. The Morgan fingerprint density at radius 2 is 2.10 bits per heavy atom. The van der Waals surface area contributed by atoms with Crippen LogP contribution in [0.2, 0.25) is 0 Å². The van der Waals surface area contributed by atoms with Gasteiger partial charge in [-0.1, -0.05) is 0 Å². The third kappa shape index (κ3) is 3.74. The van der Waals surface area contributed by atoms with E-state index in [0.29, 0.717) is 18.3 Å². The predicted octanol–water partition coefficient (Wildman–Crippen LogP) is 2.73. The Labute approximate surface area is 168 Å². The van der Waals surface area contributed by atoms with Gasteiger partial charge in [0.05, 0.1) is 30.4 Å². The lowest BCUT2D eigenvalue weighted by Crippen LogP contribution is -2.30. The Balaban J connectivity index is 1.55. The van der Waals surface area contributed by atoms with Crippen molar-refractivity contribution < 1.29 is 9.13 Å². The number of nitrogens with one attached hydrogen (secondary N) is 3. The van der Waals surface area contributed by atoms with E-state index in [-0.39, 0.29) is 11.9 Å². The van der Waals surface area contributed by atoms with Gasteiger partial charge < -0.3 is 9.30 Å². The van der Waals surface area contributed by atoms with Gasteiger partial charge in [-0.05, 0) is 48.6 Å². The molecule has 0 spiro atoms. The second kappa shape index (κ2) is 7.55. The Bertz CT molecular complexity index is 1030. The van der Waals surface area contributed by atoms with Crippen LogP contribution in [0.25, 0.3) is 22.6 Å². The number of hydrogen-bond acceptors (Lipinski definition) is 6. The van der Waals surface area contributed by atoms with Gasteiger partial charge in [0, 0.05) is 31.4 Å². The summed E-state index contributed by atoms with van der Waals surface area (Å²) >= 11 is 0. The predicted molar refractivity (Wildman–Crippen MR) is 107 cm³/mol. The summed E-state index contributed by atoms with van der Waals surface area (Å²) in [6.07, 6.45) is 5.90. The van der Waals surface area contributed by atoms with Crippen molar-refractivity contribution in [2.75, 3.05) is 13.2 Å². The molecule has 0 bridgehead atoms. The fraction of sp³-hybridized carbons (Fsp3) is 0.333. The van der Waals surface area contributed by atoms with E-state index in [1.54, 1.807) is 18.6 Å². The van der Waals surface area contributed by atoms with Gasteiger partial charge in [0.2, 0.25) is 0 Å². The van der Waals surface area contributed by atoms with Crippen LogP contribution < -0.4 is 21.1 Å². The van der Waals surface area contributed by atoms with Crippen molar-refractivity contribution in [2.45, 2.75) is 18.9 Å². The van der Waals surface area contributed by atoms with E-state index in [2.05, 4.69) is 26.4 Å². The van der Waals surface area contributed by atoms with Crippen molar-refractivity contribution in [3.8, 4) is 28.4 Å². The third-order valence-electron chi connectivity index (χ3n) is 5.38. The fourth-order valence-electron chi connectivity index (χ4n) is 3.58. The maximum atomic E-state index is 13.9. The molecule has 1 saturated heterocycles. The van der Waals surface area contributed by atoms with Crippen LogP contribution in [0.5, 0.6) is 5.75 Å². The minimum atomic E-state index is -0.310. The van der Waals surface area contributed by atoms with Gasteiger partial charge in [-0.3, -0.25) is 4.98 Å². The molecule has 5 rings (SSSR count). The molecule has 2 aromatic heterocycles. The van der Waals surface area contributed by atoms with Crippen molar-refractivity contribution >= 4 is 0 Å². The number of halogens is 1. The van der Waals surface area contributed by atoms with E-state index in [0.717, 1.165) is 34.8 Å². The number of aromatic nitrogens is 3. The molecule has 1 atom stereocenters. The molecule has 7 nitrogen and oxygen atoms in total. The number of rotatable bonds is 6. The first-order chi connectivity index (χ1) is 14.2. The summed E-state index contributed by atoms with van der Waals surface area (Å²) in [4.78, 5) is 9.15. The summed E-state index contributed by atoms with van der Waals surface area (Å²) in [5.74, 6) is 0.816. The Kier molecular flexibility index (Phi) is 4.75. The topological polar surface area (TPSA) is 76.0 Å². The molecular formula is C21H23FN6O. The minimum Gasteiger partial charge on any atom is -0.492 e. The summed E-state index contributed by atoms with van der Waals surface area (Å²) in [5.41, 5.74) is 13.4. The van der Waals surface area contributed by atoms with Crippen LogP contribution in [0.15, 0.2) is 42.9 Å². The smallest absolute Gasteiger partial charge is 0.131 e. The van der Waals surface area contributed by atoms with Crippen molar-refractivity contribution in [3.63, 3.8) is 0 Å². The van der Waals surface area contributed by atoms with Crippen LogP contribution >= 0.6 is 0 Å². The number of nitrogens with zero attached hydrogens (tertiary/aromatic N) is 3. The normalized spacial score (nSPS) is 18.9. The van der Waals surface area contributed by atoms with Gasteiger partial charge in [0.15, 0.2) is 0 Å². The quantitative estimate of drug-likeness (QED) is 0.597. The van der Waals surface area contributed by atoms with E-state index in [4.69, 9.17) is 4.74 Å². The highest BCUT2D eigenvalue weighted by Crippen LogP contribution is 2.38. The monoisotopic (exact) mass is 394 g/mol. The first kappa shape index (κ1) is 18.2. The fourth-order valence-corrected chi connectivity index (χ4v) is 3.58. The zero-order valence-electron chi connectivity index (χ0n) is 16.2. The van der Waals surface area contributed by atoms with Crippen LogP contribution in [-0.4, -0.2) is 27.7 Å². The molecular weight excluding hydrogens is 371 g/mol. The molecule has 0 amide bonds. The largest absolute Gasteiger partial charge is 0.492 e. The third-order valence-corrected chi connectivity index (χ3v) is 5.38. The molecule has 3 aromatic rings. The standard InChI is InChI=1S/C21H23FN6O/c1-28-12-24-20(17-8-14(6-7-23-17)18-10-25-27-26-18)21(28)16-5-4-15(22)9-19(16)29-11-13-2-3-13/h4-9,12-13,18,25-27H,2-3,10-11H2,1H3.